The van der Waals surface area contributed by atoms with E-state index in [2.05, 4.69) is 15.6 Å². The van der Waals surface area contributed by atoms with Gasteiger partial charge in [-0.05, 0) is 47.7 Å². The van der Waals surface area contributed by atoms with E-state index in [0.717, 1.165) is 37.8 Å². The Balaban J connectivity index is 1.66. The van der Waals surface area contributed by atoms with Gasteiger partial charge in [-0.15, -0.1) is 0 Å². The maximum absolute atomic E-state index is 13.5. The van der Waals surface area contributed by atoms with Crippen molar-refractivity contribution in [3.8, 4) is 11.5 Å². The van der Waals surface area contributed by atoms with E-state index in [-0.39, 0.29) is 18.9 Å². The second-order valence-electron chi connectivity index (χ2n) is 9.15. The molecule has 0 saturated heterocycles. The first-order valence-corrected chi connectivity index (χ1v) is 12.3. The van der Waals surface area contributed by atoms with Crippen molar-refractivity contribution in [3.05, 3.63) is 59.2 Å². The molecule has 0 aliphatic heterocycles. The van der Waals surface area contributed by atoms with Crippen molar-refractivity contribution in [2.75, 3.05) is 14.2 Å². The predicted octanol–water partition coefficient (Wildman–Crippen LogP) is 3.61. The van der Waals surface area contributed by atoms with Crippen LogP contribution in [0.15, 0.2) is 41.4 Å². The normalized spacial score (nSPS) is 15.1. The average Bonchev–Trinajstić information content (AvgIpc) is 2.89. The molecule has 3 rings (SSSR count). The molecule has 0 aromatic heterocycles. The lowest BCUT2D eigenvalue weighted by Gasteiger charge is -2.24. The Morgan fingerprint density at radius 2 is 1.70 bits per heavy atom. The molecule has 2 aromatic rings. The molecule has 4 N–H and O–H groups in total. The standard InChI is InChI=1S/C27H34F2N4O4/c1-36-23-11-9-18(14-24(23)37-2)15-25(34)33-27(30)32-22(13-17-6-4-3-5-7-17)26(35)31-16-19-8-10-20(28)21(29)12-19/h8-12,14,17,22H,3-7,13,15-16H2,1-2H3,(H,31,35)(H3,30,32,33,34)/t22-/m1/s1. The summed E-state index contributed by atoms with van der Waals surface area (Å²) < 4.78 is 37.2. The van der Waals surface area contributed by atoms with E-state index in [4.69, 9.17) is 15.2 Å². The summed E-state index contributed by atoms with van der Waals surface area (Å²) in [5, 5.41) is 5.28. The minimum Gasteiger partial charge on any atom is -0.493 e. The van der Waals surface area contributed by atoms with Crippen LogP contribution in [0.25, 0.3) is 0 Å². The van der Waals surface area contributed by atoms with Gasteiger partial charge in [-0.2, -0.15) is 0 Å². The SMILES string of the molecule is COc1ccc(CC(=O)NC(N)=N[C@H](CC2CCCCC2)C(=O)NCc2ccc(F)c(F)c2)cc1OC. The topological polar surface area (TPSA) is 115 Å². The number of guanidine groups is 1. The molecule has 1 aliphatic carbocycles. The number of nitrogens with zero attached hydrogens (tertiary/aromatic N) is 1. The molecule has 1 aliphatic rings. The van der Waals surface area contributed by atoms with Crippen LogP contribution in [-0.4, -0.2) is 38.0 Å². The van der Waals surface area contributed by atoms with Crippen molar-refractivity contribution >= 4 is 17.8 Å². The smallest absolute Gasteiger partial charge is 0.245 e. The zero-order valence-electron chi connectivity index (χ0n) is 21.2. The van der Waals surface area contributed by atoms with Crippen molar-refractivity contribution in [1.29, 1.82) is 0 Å². The maximum Gasteiger partial charge on any atom is 0.245 e. The number of halogens is 2. The number of ether oxygens (including phenoxy) is 2. The predicted molar refractivity (Wildman–Crippen MR) is 136 cm³/mol. The summed E-state index contributed by atoms with van der Waals surface area (Å²) >= 11 is 0. The fraction of sp³-hybridized carbons (Fsp3) is 0.444. The van der Waals surface area contributed by atoms with Gasteiger partial charge in [-0.3, -0.25) is 14.9 Å². The molecule has 200 valence electrons. The molecule has 10 heteroatoms. The summed E-state index contributed by atoms with van der Waals surface area (Å²) in [7, 11) is 3.04. The van der Waals surface area contributed by atoms with Crippen molar-refractivity contribution in [3.63, 3.8) is 0 Å². The number of rotatable bonds is 10. The van der Waals surface area contributed by atoms with Gasteiger partial charge in [0.05, 0.1) is 20.6 Å². The summed E-state index contributed by atoms with van der Waals surface area (Å²) in [5.74, 6) is -1.52. The third-order valence-corrected chi connectivity index (χ3v) is 6.41. The van der Waals surface area contributed by atoms with Gasteiger partial charge in [0.25, 0.3) is 0 Å². The highest BCUT2D eigenvalue weighted by atomic mass is 19.2. The largest absolute Gasteiger partial charge is 0.493 e. The number of methoxy groups -OCH3 is 2. The van der Waals surface area contributed by atoms with E-state index in [1.54, 1.807) is 18.2 Å². The summed E-state index contributed by atoms with van der Waals surface area (Å²) in [6.07, 6.45) is 5.84. The van der Waals surface area contributed by atoms with Crippen LogP contribution in [0.4, 0.5) is 8.78 Å². The molecular weight excluding hydrogens is 482 g/mol. The number of benzene rings is 2. The van der Waals surface area contributed by atoms with E-state index >= 15 is 0 Å². The summed E-state index contributed by atoms with van der Waals surface area (Å²) in [6.45, 7) is 0.0122. The van der Waals surface area contributed by atoms with Crippen LogP contribution in [0.3, 0.4) is 0 Å². The fourth-order valence-corrected chi connectivity index (χ4v) is 4.48. The monoisotopic (exact) mass is 516 g/mol. The van der Waals surface area contributed by atoms with Crippen LogP contribution < -0.4 is 25.8 Å². The van der Waals surface area contributed by atoms with Gasteiger partial charge in [0.2, 0.25) is 11.8 Å². The number of nitrogens with two attached hydrogens (primary N) is 1. The number of amides is 2. The lowest BCUT2D eigenvalue weighted by molar-refractivity contribution is -0.123. The van der Waals surface area contributed by atoms with E-state index < -0.39 is 29.5 Å². The molecule has 1 fully saturated rings. The Bertz CT molecular complexity index is 1120. The van der Waals surface area contributed by atoms with Crippen molar-refractivity contribution < 1.29 is 27.8 Å². The lowest BCUT2D eigenvalue weighted by atomic mass is 9.84. The minimum atomic E-state index is -0.982. The van der Waals surface area contributed by atoms with E-state index in [1.165, 1.54) is 26.7 Å². The second-order valence-corrected chi connectivity index (χ2v) is 9.15. The third kappa shape index (κ3) is 8.44. The molecule has 0 spiro atoms. The first kappa shape index (κ1) is 27.9. The van der Waals surface area contributed by atoms with Gasteiger partial charge in [-0.1, -0.05) is 44.2 Å². The van der Waals surface area contributed by atoms with Crippen LogP contribution >= 0.6 is 0 Å². The molecule has 1 saturated carbocycles. The average molecular weight is 517 g/mol. The summed E-state index contributed by atoms with van der Waals surface area (Å²) in [5.41, 5.74) is 7.13. The van der Waals surface area contributed by atoms with Crippen LogP contribution in [0.1, 0.15) is 49.7 Å². The Hall–Kier alpha value is -3.69. The molecule has 0 unspecified atom stereocenters. The zero-order valence-corrected chi connectivity index (χ0v) is 21.2. The first-order chi connectivity index (χ1) is 17.8. The number of aliphatic imine (C=N–C) groups is 1. The van der Waals surface area contributed by atoms with E-state index in [1.807, 2.05) is 0 Å². The van der Waals surface area contributed by atoms with Gasteiger partial charge in [0, 0.05) is 6.54 Å². The highest BCUT2D eigenvalue weighted by Gasteiger charge is 2.25. The maximum atomic E-state index is 13.5. The molecule has 37 heavy (non-hydrogen) atoms. The third-order valence-electron chi connectivity index (χ3n) is 6.41. The van der Waals surface area contributed by atoms with Crippen molar-refractivity contribution in [2.45, 2.75) is 57.5 Å². The molecule has 8 nitrogen and oxygen atoms in total. The number of nitrogens with one attached hydrogen (secondary N) is 2. The van der Waals surface area contributed by atoms with Crippen LogP contribution in [0.5, 0.6) is 11.5 Å². The Kier molecular flexibility index (Phi) is 10.2. The Labute approximate surface area is 215 Å². The molecule has 1 atom stereocenters. The van der Waals surface area contributed by atoms with Gasteiger partial charge < -0.3 is 20.5 Å². The number of carbonyl (C=O) groups is 2. The quantitative estimate of drug-likeness (QED) is 0.330. The van der Waals surface area contributed by atoms with E-state index in [0.29, 0.717) is 35.0 Å². The summed E-state index contributed by atoms with van der Waals surface area (Å²) in [6, 6.07) is 7.78. The minimum absolute atomic E-state index is 0.0122. The number of carbonyl (C=O) groups excluding carboxylic acids is 2. The molecule has 0 radical (unpaired) electrons. The van der Waals surface area contributed by atoms with Gasteiger partial charge in [-0.25, -0.2) is 13.8 Å². The second kappa shape index (κ2) is 13.6. The van der Waals surface area contributed by atoms with Crippen molar-refractivity contribution in [2.24, 2.45) is 16.6 Å². The summed E-state index contributed by atoms with van der Waals surface area (Å²) in [4.78, 5) is 29.9. The Morgan fingerprint density at radius 1 is 1.00 bits per heavy atom. The van der Waals surface area contributed by atoms with Crippen molar-refractivity contribution in [1.82, 2.24) is 10.6 Å². The molecule has 0 bridgehead atoms. The van der Waals surface area contributed by atoms with Gasteiger partial charge >= 0.3 is 0 Å². The van der Waals surface area contributed by atoms with Gasteiger partial charge in [0.15, 0.2) is 29.1 Å². The molecule has 2 aromatic carbocycles. The lowest BCUT2D eigenvalue weighted by Crippen LogP contribution is -2.42. The molecule has 0 heterocycles. The van der Waals surface area contributed by atoms with Gasteiger partial charge in [0.1, 0.15) is 6.04 Å². The van der Waals surface area contributed by atoms with Crippen LogP contribution in [0.2, 0.25) is 0 Å². The fourth-order valence-electron chi connectivity index (χ4n) is 4.48. The Morgan fingerprint density at radius 3 is 2.38 bits per heavy atom. The zero-order chi connectivity index (χ0) is 26.8. The number of hydrogen-bond donors (Lipinski definition) is 3. The highest BCUT2D eigenvalue weighted by Crippen LogP contribution is 2.29. The highest BCUT2D eigenvalue weighted by molar-refractivity contribution is 5.98. The van der Waals surface area contributed by atoms with Crippen LogP contribution in [0, 0.1) is 17.6 Å². The number of hydrogen-bond acceptors (Lipinski definition) is 5. The molecular formula is C27H34F2N4O4. The molecule has 2 amide bonds. The van der Waals surface area contributed by atoms with Crippen LogP contribution in [-0.2, 0) is 22.6 Å². The van der Waals surface area contributed by atoms with E-state index in [9.17, 15) is 18.4 Å². The first-order valence-electron chi connectivity index (χ1n) is 12.3.